The molecule has 0 spiro atoms. The molecular weight excluding hydrogens is 230 g/mol. The molecule has 0 fully saturated rings. The molecular formula is C10H8BrNO. The van der Waals surface area contributed by atoms with Crippen LogP contribution in [0.3, 0.4) is 0 Å². The molecule has 1 amide bonds. The molecule has 66 valence electrons. The van der Waals surface area contributed by atoms with E-state index in [4.69, 9.17) is 5.73 Å². The zero-order valence-corrected chi connectivity index (χ0v) is 8.47. The fourth-order valence-electron chi connectivity index (χ4n) is 1.49. The second kappa shape index (κ2) is 3.00. The van der Waals surface area contributed by atoms with Crippen LogP contribution >= 0.6 is 15.9 Å². The first kappa shape index (κ1) is 8.51. The highest BCUT2D eigenvalue weighted by atomic mass is 79.9. The molecule has 0 aromatic heterocycles. The van der Waals surface area contributed by atoms with E-state index in [1.807, 2.05) is 24.3 Å². The van der Waals surface area contributed by atoms with E-state index in [0.717, 1.165) is 15.6 Å². The predicted molar refractivity (Wildman–Crippen MR) is 55.0 cm³/mol. The summed E-state index contributed by atoms with van der Waals surface area (Å²) in [7, 11) is 0. The second-order valence-corrected chi connectivity index (χ2v) is 3.88. The lowest BCUT2D eigenvalue weighted by Crippen LogP contribution is -2.13. The number of amides is 1. The third-order valence-electron chi connectivity index (χ3n) is 2.16. The standard InChI is InChI=1S/C10H8BrNO/c11-9-3-1-2-6-4-7(10(12)13)5-8(6)9/h1-3,5H,4H2,(H2,12,13). The molecule has 0 atom stereocenters. The second-order valence-electron chi connectivity index (χ2n) is 3.02. The van der Waals surface area contributed by atoms with E-state index >= 15 is 0 Å². The average molecular weight is 238 g/mol. The zero-order chi connectivity index (χ0) is 9.42. The monoisotopic (exact) mass is 237 g/mol. The van der Waals surface area contributed by atoms with Crippen molar-refractivity contribution < 1.29 is 4.79 Å². The van der Waals surface area contributed by atoms with Crippen LogP contribution in [-0.2, 0) is 11.2 Å². The average Bonchev–Trinajstić information content (AvgIpc) is 2.49. The summed E-state index contributed by atoms with van der Waals surface area (Å²) in [5.41, 5.74) is 8.12. The minimum absolute atomic E-state index is 0.330. The highest BCUT2D eigenvalue weighted by Gasteiger charge is 2.17. The molecule has 0 unspecified atom stereocenters. The van der Waals surface area contributed by atoms with Crippen molar-refractivity contribution in [3.8, 4) is 0 Å². The Bertz CT molecular complexity index is 409. The molecule has 0 bridgehead atoms. The summed E-state index contributed by atoms with van der Waals surface area (Å²) in [5.74, 6) is -0.330. The molecule has 0 radical (unpaired) electrons. The van der Waals surface area contributed by atoms with Crippen molar-refractivity contribution in [2.75, 3.05) is 0 Å². The molecule has 2 nitrogen and oxygen atoms in total. The molecule has 0 heterocycles. The molecule has 13 heavy (non-hydrogen) atoms. The summed E-state index contributed by atoms with van der Waals surface area (Å²) in [4.78, 5) is 10.9. The minimum atomic E-state index is -0.330. The van der Waals surface area contributed by atoms with Crippen molar-refractivity contribution in [3.63, 3.8) is 0 Å². The number of hydrogen-bond donors (Lipinski definition) is 1. The third-order valence-corrected chi connectivity index (χ3v) is 2.85. The number of benzene rings is 1. The lowest BCUT2D eigenvalue weighted by Gasteiger charge is -1.98. The maximum Gasteiger partial charge on any atom is 0.244 e. The molecule has 0 saturated carbocycles. The first-order valence-electron chi connectivity index (χ1n) is 3.96. The fourth-order valence-corrected chi connectivity index (χ4v) is 2.01. The lowest BCUT2D eigenvalue weighted by molar-refractivity contribution is -0.114. The van der Waals surface area contributed by atoms with Crippen LogP contribution in [0.5, 0.6) is 0 Å². The summed E-state index contributed by atoms with van der Waals surface area (Å²) in [5, 5.41) is 0. The van der Waals surface area contributed by atoms with Gasteiger partial charge in [0.05, 0.1) is 0 Å². The van der Waals surface area contributed by atoms with Gasteiger partial charge in [-0.1, -0.05) is 28.1 Å². The Kier molecular flexibility index (Phi) is 1.96. The van der Waals surface area contributed by atoms with Crippen molar-refractivity contribution in [2.24, 2.45) is 5.73 Å². The van der Waals surface area contributed by atoms with E-state index in [0.29, 0.717) is 12.0 Å². The number of carbonyl (C=O) groups excluding carboxylic acids is 1. The molecule has 1 aromatic carbocycles. The van der Waals surface area contributed by atoms with E-state index in [-0.39, 0.29) is 5.91 Å². The molecule has 1 aliphatic rings. The molecule has 2 N–H and O–H groups in total. The van der Waals surface area contributed by atoms with Crippen molar-refractivity contribution in [2.45, 2.75) is 6.42 Å². The van der Waals surface area contributed by atoms with Crippen LogP contribution < -0.4 is 5.73 Å². The minimum Gasteiger partial charge on any atom is -0.366 e. The number of fused-ring (bicyclic) bond motifs is 1. The van der Waals surface area contributed by atoms with Crippen LogP contribution in [0.4, 0.5) is 0 Å². The molecule has 1 aliphatic carbocycles. The van der Waals surface area contributed by atoms with E-state index in [1.165, 1.54) is 0 Å². The Balaban J connectivity index is 2.49. The Morgan fingerprint density at radius 2 is 2.23 bits per heavy atom. The maximum atomic E-state index is 10.9. The third kappa shape index (κ3) is 1.40. The number of nitrogens with two attached hydrogens (primary N) is 1. The van der Waals surface area contributed by atoms with Crippen LogP contribution in [0.1, 0.15) is 11.1 Å². The zero-order valence-electron chi connectivity index (χ0n) is 6.88. The quantitative estimate of drug-likeness (QED) is 0.797. The van der Waals surface area contributed by atoms with Gasteiger partial charge in [-0.3, -0.25) is 4.79 Å². The maximum absolute atomic E-state index is 10.9. The van der Waals surface area contributed by atoms with Crippen LogP contribution in [-0.4, -0.2) is 5.91 Å². The largest absolute Gasteiger partial charge is 0.366 e. The van der Waals surface area contributed by atoms with Gasteiger partial charge in [0.1, 0.15) is 0 Å². The lowest BCUT2D eigenvalue weighted by atomic mass is 10.1. The van der Waals surface area contributed by atoms with E-state index in [1.54, 1.807) is 0 Å². The summed E-state index contributed by atoms with van der Waals surface area (Å²) < 4.78 is 1.02. The smallest absolute Gasteiger partial charge is 0.244 e. The van der Waals surface area contributed by atoms with Crippen LogP contribution in [0.25, 0.3) is 6.08 Å². The van der Waals surface area contributed by atoms with Crippen molar-refractivity contribution in [1.82, 2.24) is 0 Å². The fraction of sp³-hybridized carbons (Fsp3) is 0.100. The molecule has 3 heteroatoms. The van der Waals surface area contributed by atoms with Gasteiger partial charge in [0.2, 0.25) is 5.91 Å². The first-order chi connectivity index (χ1) is 6.18. The number of hydrogen-bond acceptors (Lipinski definition) is 1. The van der Waals surface area contributed by atoms with Gasteiger partial charge in [0.25, 0.3) is 0 Å². The molecule has 2 rings (SSSR count). The van der Waals surface area contributed by atoms with E-state index < -0.39 is 0 Å². The topological polar surface area (TPSA) is 43.1 Å². The SMILES string of the molecule is NC(=O)C1=Cc2c(Br)cccc2C1. The molecule has 0 aliphatic heterocycles. The molecule has 1 aromatic rings. The van der Waals surface area contributed by atoms with Gasteiger partial charge in [0, 0.05) is 16.5 Å². The summed E-state index contributed by atoms with van der Waals surface area (Å²) in [6, 6.07) is 5.92. The van der Waals surface area contributed by atoms with Gasteiger partial charge in [-0.2, -0.15) is 0 Å². The van der Waals surface area contributed by atoms with Gasteiger partial charge in [-0.25, -0.2) is 0 Å². The van der Waals surface area contributed by atoms with Gasteiger partial charge in [0.15, 0.2) is 0 Å². The predicted octanol–water partition coefficient (Wildman–Crippen LogP) is 1.87. The van der Waals surface area contributed by atoms with Crippen LogP contribution in [0.2, 0.25) is 0 Å². The highest BCUT2D eigenvalue weighted by Crippen LogP contribution is 2.30. The van der Waals surface area contributed by atoms with Crippen molar-refractivity contribution in [1.29, 1.82) is 0 Å². The first-order valence-corrected chi connectivity index (χ1v) is 4.75. The van der Waals surface area contributed by atoms with Crippen molar-refractivity contribution >= 4 is 27.9 Å². The number of halogens is 1. The normalized spacial score (nSPS) is 13.8. The summed E-state index contributed by atoms with van der Waals surface area (Å²) in [6.07, 6.45) is 2.51. The number of primary amides is 1. The number of carbonyl (C=O) groups is 1. The highest BCUT2D eigenvalue weighted by molar-refractivity contribution is 9.10. The Morgan fingerprint density at radius 1 is 1.46 bits per heavy atom. The van der Waals surface area contributed by atoms with Gasteiger partial charge >= 0.3 is 0 Å². The van der Waals surface area contributed by atoms with Crippen molar-refractivity contribution in [3.05, 3.63) is 39.4 Å². The van der Waals surface area contributed by atoms with Gasteiger partial charge in [-0.05, 0) is 23.3 Å². The molecule has 0 saturated heterocycles. The summed E-state index contributed by atoms with van der Waals surface area (Å²) >= 11 is 3.43. The summed E-state index contributed by atoms with van der Waals surface area (Å²) in [6.45, 7) is 0. The Morgan fingerprint density at radius 3 is 2.85 bits per heavy atom. The Labute approximate surface area is 84.6 Å². The number of rotatable bonds is 1. The van der Waals surface area contributed by atoms with Crippen LogP contribution in [0.15, 0.2) is 28.2 Å². The van der Waals surface area contributed by atoms with E-state index in [2.05, 4.69) is 15.9 Å². The van der Waals surface area contributed by atoms with Gasteiger partial charge < -0.3 is 5.73 Å². The van der Waals surface area contributed by atoms with Gasteiger partial charge in [-0.15, -0.1) is 0 Å². The van der Waals surface area contributed by atoms with Crippen LogP contribution in [0, 0.1) is 0 Å². The van der Waals surface area contributed by atoms with E-state index in [9.17, 15) is 4.79 Å². The Hall–Kier alpha value is -1.09.